The lowest BCUT2D eigenvalue weighted by atomic mass is 10.1. The molecule has 4 heterocycles. The summed E-state index contributed by atoms with van der Waals surface area (Å²) in [4.78, 5) is 20.0. The highest BCUT2D eigenvalue weighted by atomic mass is 32.1. The molecule has 0 unspecified atom stereocenters. The first-order chi connectivity index (χ1) is 11.1. The molecular weight excluding hydrogens is 328 g/mol. The number of hydrogen-bond acceptors (Lipinski definition) is 5. The van der Waals surface area contributed by atoms with Gasteiger partial charge in [0, 0.05) is 24.2 Å². The Morgan fingerprint density at radius 3 is 2.78 bits per heavy atom. The van der Waals surface area contributed by atoms with Gasteiger partial charge in [0.05, 0.1) is 16.6 Å². The Kier molecular flexibility index (Phi) is 3.54. The van der Waals surface area contributed by atoms with Crippen LogP contribution in [0.1, 0.15) is 27.9 Å². The molecule has 0 bridgehead atoms. The molecule has 1 aliphatic heterocycles. The van der Waals surface area contributed by atoms with Crippen molar-refractivity contribution in [3.8, 4) is 9.88 Å². The van der Waals surface area contributed by atoms with Crippen molar-refractivity contribution in [1.29, 1.82) is 0 Å². The molecule has 23 heavy (non-hydrogen) atoms. The second-order valence-electron chi connectivity index (χ2n) is 5.75. The van der Waals surface area contributed by atoms with E-state index in [0.717, 1.165) is 21.3 Å². The summed E-state index contributed by atoms with van der Waals surface area (Å²) in [7, 11) is 0. The molecule has 1 fully saturated rings. The van der Waals surface area contributed by atoms with E-state index >= 15 is 0 Å². The molecule has 3 aromatic rings. The minimum Gasteiger partial charge on any atom is -0.333 e. The van der Waals surface area contributed by atoms with E-state index in [2.05, 4.69) is 23.1 Å². The second kappa shape index (κ2) is 5.58. The Hall–Kier alpha value is -1.99. The number of amides is 1. The summed E-state index contributed by atoms with van der Waals surface area (Å²) in [5, 5.41) is 9.29. The number of aromatic nitrogens is 3. The van der Waals surface area contributed by atoms with E-state index in [1.54, 1.807) is 11.3 Å². The molecule has 0 N–H and O–H groups in total. The van der Waals surface area contributed by atoms with Gasteiger partial charge in [0.25, 0.3) is 5.91 Å². The quantitative estimate of drug-likeness (QED) is 0.732. The molecule has 0 atom stereocenters. The third-order valence-corrected chi connectivity index (χ3v) is 5.88. The average Bonchev–Trinajstić information content (AvgIpc) is 3.18. The molecule has 0 aromatic carbocycles. The number of carbonyl (C=O) groups is 1. The van der Waals surface area contributed by atoms with Crippen molar-refractivity contribution in [2.24, 2.45) is 0 Å². The molecule has 3 aromatic heterocycles. The van der Waals surface area contributed by atoms with Crippen LogP contribution in [0.4, 0.5) is 0 Å². The van der Waals surface area contributed by atoms with Crippen LogP contribution in [0.5, 0.6) is 0 Å². The Bertz CT molecular complexity index is 843. The smallest absolute Gasteiger partial charge is 0.273 e. The lowest BCUT2D eigenvalue weighted by Gasteiger charge is -2.39. The first-order valence-electron chi connectivity index (χ1n) is 7.43. The predicted octanol–water partition coefficient (Wildman–Crippen LogP) is 3.38. The van der Waals surface area contributed by atoms with Gasteiger partial charge in [-0.1, -0.05) is 6.07 Å². The molecule has 0 radical (unpaired) electrons. The van der Waals surface area contributed by atoms with E-state index in [0.29, 0.717) is 18.8 Å². The van der Waals surface area contributed by atoms with Gasteiger partial charge in [-0.2, -0.15) is 5.10 Å². The van der Waals surface area contributed by atoms with Gasteiger partial charge in [-0.3, -0.25) is 9.48 Å². The van der Waals surface area contributed by atoms with Crippen molar-refractivity contribution in [2.75, 3.05) is 13.1 Å². The van der Waals surface area contributed by atoms with E-state index in [1.807, 2.05) is 39.4 Å². The third kappa shape index (κ3) is 2.60. The molecule has 0 aliphatic carbocycles. The van der Waals surface area contributed by atoms with Gasteiger partial charge in [0.15, 0.2) is 0 Å². The largest absolute Gasteiger partial charge is 0.333 e. The van der Waals surface area contributed by atoms with Gasteiger partial charge < -0.3 is 4.90 Å². The van der Waals surface area contributed by atoms with Gasteiger partial charge in [-0.05, 0) is 31.4 Å². The van der Waals surface area contributed by atoms with Gasteiger partial charge in [0.2, 0.25) is 0 Å². The highest BCUT2D eigenvalue weighted by Gasteiger charge is 2.34. The van der Waals surface area contributed by atoms with Crippen molar-refractivity contribution in [1.82, 2.24) is 19.7 Å². The summed E-state index contributed by atoms with van der Waals surface area (Å²) in [6, 6.07) is 6.37. The molecule has 7 heteroatoms. The zero-order valence-electron chi connectivity index (χ0n) is 12.9. The SMILES string of the molecule is Cc1cc(C)n(C2CN(C(=O)c3csc(-c4cccs4)n3)C2)n1. The normalized spacial score (nSPS) is 15.0. The van der Waals surface area contributed by atoms with Crippen LogP contribution in [0.2, 0.25) is 0 Å². The molecule has 5 nitrogen and oxygen atoms in total. The van der Waals surface area contributed by atoms with E-state index in [9.17, 15) is 4.79 Å². The molecule has 1 saturated heterocycles. The van der Waals surface area contributed by atoms with E-state index in [-0.39, 0.29) is 11.9 Å². The first-order valence-corrected chi connectivity index (χ1v) is 9.19. The van der Waals surface area contributed by atoms with E-state index in [4.69, 9.17) is 0 Å². The fourth-order valence-corrected chi connectivity index (χ4v) is 4.45. The Labute approximate surface area is 142 Å². The number of aryl methyl sites for hydroxylation is 2. The van der Waals surface area contributed by atoms with E-state index < -0.39 is 0 Å². The Morgan fingerprint density at radius 1 is 1.30 bits per heavy atom. The zero-order valence-corrected chi connectivity index (χ0v) is 14.5. The monoisotopic (exact) mass is 344 g/mol. The van der Waals surface area contributed by atoms with Crippen LogP contribution >= 0.6 is 22.7 Å². The number of thiazole rings is 1. The summed E-state index contributed by atoms with van der Waals surface area (Å²) in [6.45, 7) is 5.45. The average molecular weight is 344 g/mol. The summed E-state index contributed by atoms with van der Waals surface area (Å²) in [5.41, 5.74) is 2.71. The van der Waals surface area contributed by atoms with Gasteiger partial charge in [-0.15, -0.1) is 22.7 Å². The first kappa shape index (κ1) is 14.6. The molecule has 1 aliphatic rings. The number of nitrogens with zero attached hydrogens (tertiary/aromatic N) is 4. The maximum atomic E-state index is 12.5. The Balaban J connectivity index is 1.44. The van der Waals surface area contributed by atoms with Crippen LogP contribution in [-0.4, -0.2) is 38.7 Å². The topological polar surface area (TPSA) is 51.0 Å². The maximum Gasteiger partial charge on any atom is 0.273 e. The van der Waals surface area contributed by atoms with Crippen LogP contribution in [-0.2, 0) is 0 Å². The zero-order chi connectivity index (χ0) is 16.0. The summed E-state index contributed by atoms with van der Waals surface area (Å²) >= 11 is 3.17. The van der Waals surface area contributed by atoms with Gasteiger partial charge in [0.1, 0.15) is 10.7 Å². The molecule has 4 rings (SSSR count). The number of carbonyl (C=O) groups excluding carboxylic acids is 1. The number of thiophene rings is 1. The van der Waals surface area contributed by atoms with Crippen molar-refractivity contribution < 1.29 is 4.79 Å². The van der Waals surface area contributed by atoms with Crippen molar-refractivity contribution in [3.63, 3.8) is 0 Å². The van der Waals surface area contributed by atoms with Crippen molar-refractivity contribution in [2.45, 2.75) is 19.9 Å². The minimum atomic E-state index is 0.0156. The molecular formula is C16H16N4OS2. The minimum absolute atomic E-state index is 0.0156. The van der Waals surface area contributed by atoms with E-state index in [1.165, 1.54) is 11.3 Å². The maximum absolute atomic E-state index is 12.5. The molecule has 0 spiro atoms. The van der Waals surface area contributed by atoms with Crippen LogP contribution in [0.25, 0.3) is 9.88 Å². The second-order valence-corrected chi connectivity index (χ2v) is 7.56. The number of hydrogen-bond donors (Lipinski definition) is 0. The molecule has 1 amide bonds. The highest BCUT2D eigenvalue weighted by Crippen LogP contribution is 2.30. The van der Waals surface area contributed by atoms with Crippen LogP contribution < -0.4 is 0 Å². The summed E-state index contributed by atoms with van der Waals surface area (Å²) < 4.78 is 2.03. The fraction of sp³-hybridized carbons (Fsp3) is 0.312. The number of rotatable bonds is 3. The van der Waals surface area contributed by atoms with Crippen LogP contribution in [0, 0.1) is 13.8 Å². The lowest BCUT2D eigenvalue weighted by molar-refractivity contribution is 0.0492. The number of likely N-dealkylation sites (tertiary alicyclic amines) is 1. The lowest BCUT2D eigenvalue weighted by Crippen LogP contribution is -2.51. The third-order valence-electron chi connectivity index (χ3n) is 4.00. The standard InChI is InChI=1S/C16H16N4OS2/c1-10-6-11(2)20(18-10)12-7-19(8-12)16(21)13-9-23-15(17-13)14-4-3-5-22-14/h3-6,9,12H,7-8H2,1-2H3. The molecule has 0 saturated carbocycles. The van der Waals surface area contributed by atoms with Gasteiger partial charge in [-0.25, -0.2) is 4.98 Å². The Morgan fingerprint density at radius 2 is 2.13 bits per heavy atom. The summed E-state index contributed by atoms with van der Waals surface area (Å²) in [5.74, 6) is 0.0156. The van der Waals surface area contributed by atoms with Gasteiger partial charge >= 0.3 is 0 Å². The van der Waals surface area contributed by atoms with Crippen molar-refractivity contribution in [3.05, 3.63) is 46.0 Å². The molecule has 118 valence electrons. The fourth-order valence-electron chi connectivity index (χ4n) is 2.84. The van der Waals surface area contributed by atoms with Crippen LogP contribution in [0.15, 0.2) is 29.0 Å². The van der Waals surface area contributed by atoms with Crippen molar-refractivity contribution >= 4 is 28.6 Å². The van der Waals surface area contributed by atoms with Crippen LogP contribution in [0.3, 0.4) is 0 Å². The summed E-state index contributed by atoms with van der Waals surface area (Å²) in [6.07, 6.45) is 0. The highest BCUT2D eigenvalue weighted by molar-refractivity contribution is 7.20. The predicted molar refractivity (Wildman–Crippen MR) is 92.1 cm³/mol.